The Morgan fingerprint density at radius 3 is 2.29 bits per heavy atom. The molecular formula is C11H9NO2. The van der Waals surface area contributed by atoms with Crippen LogP contribution in [0.3, 0.4) is 0 Å². The zero-order valence-electron chi connectivity index (χ0n) is 7.46. The van der Waals surface area contributed by atoms with E-state index in [4.69, 9.17) is 4.84 Å². The minimum Gasteiger partial charge on any atom is -0.332 e. The summed E-state index contributed by atoms with van der Waals surface area (Å²) in [5, 5.41) is 0. The third-order valence-corrected chi connectivity index (χ3v) is 1.77. The largest absolute Gasteiger partial charge is 0.363 e. The lowest BCUT2D eigenvalue weighted by Gasteiger charge is -2.03. The van der Waals surface area contributed by atoms with Crippen molar-refractivity contribution < 1.29 is 9.63 Å². The number of aromatic nitrogens is 1. The molecule has 0 aliphatic carbocycles. The molecule has 0 N–H and O–H groups in total. The zero-order valence-corrected chi connectivity index (χ0v) is 7.46. The van der Waals surface area contributed by atoms with E-state index in [1.54, 1.807) is 48.8 Å². The highest BCUT2D eigenvalue weighted by atomic mass is 16.7. The molecule has 3 heteroatoms. The Bertz CT molecular complexity index is 406. The second-order valence-corrected chi connectivity index (χ2v) is 2.79. The highest BCUT2D eigenvalue weighted by Crippen LogP contribution is 1.99. The summed E-state index contributed by atoms with van der Waals surface area (Å²) in [5.41, 5.74) is 0.543. The summed E-state index contributed by atoms with van der Waals surface area (Å²) >= 11 is 0. The van der Waals surface area contributed by atoms with Crippen molar-refractivity contribution in [3.63, 3.8) is 0 Å². The molecule has 0 atom stereocenters. The minimum atomic E-state index is -0.359. The third kappa shape index (κ3) is 1.82. The molecule has 0 radical (unpaired) electrons. The second kappa shape index (κ2) is 3.79. The van der Waals surface area contributed by atoms with E-state index in [9.17, 15) is 4.79 Å². The molecule has 14 heavy (non-hydrogen) atoms. The molecule has 2 rings (SSSR count). The first kappa shape index (κ1) is 8.56. The molecule has 0 amide bonds. The number of benzene rings is 1. The van der Waals surface area contributed by atoms with Gasteiger partial charge in [-0.1, -0.05) is 18.2 Å². The first-order valence-corrected chi connectivity index (χ1v) is 4.27. The SMILES string of the molecule is O=C(On1cccc1)c1ccccc1. The van der Waals surface area contributed by atoms with Gasteiger partial charge in [0, 0.05) is 12.4 Å². The van der Waals surface area contributed by atoms with Crippen molar-refractivity contribution in [3.8, 4) is 0 Å². The smallest absolute Gasteiger partial charge is 0.332 e. The van der Waals surface area contributed by atoms with Crippen LogP contribution in [0.2, 0.25) is 0 Å². The van der Waals surface area contributed by atoms with Gasteiger partial charge in [-0.2, -0.15) is 4.73 Å². The summed E-state index contributed by atoms with van der Waals surface area (Å²) in [4.78, 5) is 16.5. The summed E-state index contributed by atoms with van der Waals surface area (Å²) in [6.07, 6.45) is 3.34. The van der Waals surface area contributed by atoms with Crippen molar-refractivity contribution in [2.24, 2.45) is 0 Å². The number of rotatable bonds is 2. The van der Waals surface area contributed by atoms with Crippen LogP contribution in [0.4, 0.5) is 0 Å². The monoisotopic (exact) mass is 187 g/mol. The van der Waals surface area contributed by atoms with Crippen molar-refractivity contribution in [2.75, 3.05) is 0 Å². The maximum atomic E-state index is 11.5. The highest BCUT2D eigenvalue weighted by molar-refractivity contribution is 5.89. The molecule has 1 heterocycles. The fraction of sp³-hybridized carbons (Fsp3) is 0. The van der Waals surface area contributed by atoms with Crippen LogP contribution >= 0.6 is 0 Å². The summed E-state index contributed by atoms with van der Waals surface area (Å²) < 4.78 is 1.37. The van der Waals surface area contributed by atoms with Gasteiger partial charge in [0.2, 0.25) is 0 Å². The molecule has 0 spiro atoms. The van der Waals surface area contributed by atoms with E-state index in [0.29, 0.717) is 5.56 Å². The van der Waals surface area contributed by atoms with E-state index in [0.717, 1.165) is 0 Å². The molecule has 0 unspecified atom stereocenters. The standard InChI is InChI=1S/C11H9NO2/c13-11(10-6-2-1-3-7-10)14-12-8-4-5-9-12/h1-9H. The average molecular weight is 187 g/mol. The van der Waals surface area contributed by atoms with Gasteiger partial charge in [0.15, 0.2) is 0 Å². The van der Waals surface area contributed by atoms with E-state index >= 15 is 0 Å². The normalized spacial score (nSPS) is 9.71. The molecule has 3 nitrogen and oxygen atoms in total. The van der Waals surface area contributed by atoms with Gasteiger partial charge < -0.3 is 4.84 Å². The summed E-state index contributed by atoms with van der Waals surface area (Å²) in [5.74, 6) is -0.359. The fourth-order valence-electron chi connectivity index (χ4n) is 1.10. The predicted octanol–water partition coefficient (Wildman–Crippen LogP) is 1.76. The van der Waals surface area contributed by atoms with E-state index in [1.807, 2.05) is 6.07 Å². The maximum absolute atomic E-state index is 11.5. The molecule has 0 saturated heterocycles. The van der Waals surface area contributed by atoms with Crippen LogP contribution in [-0.4, -0.2) is 10.7 Å². The first-order valence-electron chi connectivity index (χ1n) is 4.27. The lowest BCUT2D eigenvalue weighted by molar-refractivity contribution is 0.0463. The summed E-state index contributed by atoms with van der Waals surface area (Å²) in [6, 6.07) is 12.5. The Hall–Kier alpha value is -2.03. The number of hydrogen-bond donors (Lipinski definition) is 0. The van der Waals surface area contributed by atoms with Gasteiger partial charge in [0.05, 0.1) is 5.56 Å². The molecule has 0 bridgehead atoms. The molecular weight excluding hydrogens is 178 g/mol. The van der Waals surface area contributed by atoms with Gasteiger partial charge in [-0.15, -0.1) is 0 Å². The molecule has 1 aromatic heterocycles. The number of carbonyl (C=O) groups excluding carboxylic acids is 1. The summed E-state index contributed by atoms with van der Waals surface area (Å²) in [6.45, 7) is 0. The molecule has 70 valence electrons. The van der Waals surface area contributed by atoms with Gasteiger partial charge in [-0.25, -0.2) is 4.79 Å². The Morgan fingerprint density at radius 1 is 1.00 bits per heavy atom. The Labute approximate surface area is 81.5 Å². The molecule has 0 aliphatic rings. The van der Waals surface area contributed by atoms with Gasteiger partial charge in [0.25, 0.3) is 0 Å². The molecule has 2 aromatic rings. The maximum Gasteiger partial charge on any atom is 0.363 e. The lowest BCUT2D eigenvalue weighted by atomic mass is 10.2. The van der Waals surface area contributed by atoms with Crippen molar-refractivity contribution in [1.29, 1.82) is 0 Å². The Morgan fingerprint density at radius 2 is 1.64 bits per heavy atom. The topological polar surface area (TPSA) is 31.2 Å². The van der Waals surface area contributed by atoms with Crippen LogP contribution in [0.25, 0.3) is 0 Å². The van der Waals surface area contributed by atoms with Gasteiger partial charge in [0.1, 0.15) is 0 Å². The molecule has 0 aliphatic heterocycles. The second-order valence-electron chi connectivity index (χ2n) is 2.79. The molecule has 0 saturated carbocycles. The number of hydrogen-bond acceptors (Lipinski definition) is 2. The van der Waals surface area contributed by atoms with Crippen molar-refractivity contribution in [2.45, 2.75) is 0 Å². The van der Waals surface area contributed by atoms with Crippen LogP contribution in [0.15, 0.2) is 54.9 Å². The van der Waals surface area contributed by atoms with Crippen molar-refractivity contribution in [1.82, 2.24) is 4.73 Å². The molecule has 0 fully saturated rings. The highest BCUT2D eigenvalue weighted by Gasteiger charge is 2.05. The Balaban J connectivity index is 2.11. The van der Waals surface area contributed by atoms with E-state index in [-0.39, 0.29) is 5.97 Å². The van der Waals surface area contributed by atoms with Crippen LogP contribution in [0.1, 0.15) is 10.4 Å². The van der Waals surface area contributed by atoms with Gasteiger partial charge in [-0.05, 0) is 24.3 Å². The number of nitrogens with zero attached hydrogens (tertiary/aromatic N) is 1. The first-order chi connectivity index (χ1) is 6.86. The Kier molecular flexibility index (Phi) is 2.32. The van der Waals surface area contributed by atoms with Crippen LogP contribution < -0.4 is 4.84 Å². The predicted molar refractivity (Wildman–Crippen MR) is 51.8 cm³/mol. The minimum absolute atomic E-state index is 0.359. The quantitative estimate of drug-likeness (QED) is 0.717. The van der Waals surface area contributed by atoms with E-state index in [1.165, 1.54) is 4.73 Å². The van der Waals surface area contributed by atoms with E-state index < -0.39 is 0 Å². The van der Waals surface area contributed by atoms with Crippen LogP contribution in [0.5, 0.6) is 0 Å². The van der Waals surface area contributed by atoms with Crippen molar-refractivity contribution >= 4 is 5.97 Å². The zero-order chi connectivity index (χ0) is 9.80. The van der Waals surface area contributed by atoms with Crippen LogP contribution in [-0.2, 0) is 0 Å². The lowest BCUT2D eigenvalue weighted by Crippen LogP contribution is -2.17. The third-order valence-electron chi connectivity index (χ3n) is 1.77. The van der Waals surface area contributed by atoms with Gasteiger partial charge >= 0.3 is 5.97 Å². The average Bonchev–Trinajstić information content (AvgIpc) is 2.72. The van der Waals surface area contributed by atoms with Gasteiger partial charge in [-0.3, -0.25) is 0 Å². The van der Waals surface area contributed by atoms with E-state index in [2.05, 4.69) is 0 Å². The fourth-order valence-corrected chi connectivity index (χ4v) is 1.10. The molecule has 1 aromatic carbocycles. The van der Waals surface area contributed by atoms with Crippen molar-refractivity contribution in [3.05, 3.63) is 60.4 Å². The van der Waals surface area contributed by atoms with Crippen LogP contribution in [0, 0.1) is 0 Å². The number of carbonyl (C=O) groups is 1. The summed E-state index contributed by atoms with van der Waals surface area (Å²) in [7, 11) is 0.